The minimum absolute atomic E-state index is 0.905. The van der Waals surface area contributed by atoms with Gasteiger partial charge < -0.3 is 9.32 Å². The third-order valence-corrected chi connectivity index (χ3v) is 11.8. The van der Waals surface area contributed by atoms with Gasteiger partial charge in [0.15, 0.2) is 0 Å². The number of benzene rings is 9. The summed E-state index contributed by atoms with van der Waals surface area (Å²) in [6.07, 6.45) is 0. The second kappa shape index (κ2) is 11.9. The molecule has 0 bridgehead atoms. The fourth-order valence-corrected chi connectivity index (χ4v) is 9.29. The zero-order valence-electron chi connectivity index (χ0n) is 28.7. The van der Waals surface area contributed by atoms with E-state index in [1.165, 1.54) is 52.8 Å². The molecule has 11 rings (SSSR count). The molecule has 0 atom stereocenters. The van der Waals surface area contributed by atoms with Crippen molar-refractivity contribution in [2.45, 2.75) is 0 Å². The van der Waals surface area contributed by atoms with Crippen molar-refractivity contribution in [2.24, 2.45) is 0 Å². The van der Waals surface area contributed by atoms with Crippen molar-refractivity contribution in [2.75, 3.05) is 4.90 Å². The molecule has 0 unspecified atom stereocenters. The Kier molecular flexibility index (Phi) is 6.76. The molecule has 0 N–H and O–H groups in total. The molecule has 248 valence electrons. The summed E-state index contributed by atoms with van der Waals surface area (Å²) >= 11 is 1.86. The van der Waals surface area contributed by atoms with E-state index in [0.717, 1.165) is 50.1 Å². The summed E-state index contributed by atoms with van der Waals surface area (Å²) in [5, 5.41) is 9.82. The van der Waals surface area contributed by atoms with E-state index in [1.54, 1.807) is 0 Å². The normalized spacial score (nSPS) is 11.8. The van der Waals surface area contributed by atoms with Gasteiger partial charge in [0.25, 0.3) is 0 Å². The molecule has 2 aromatic heterocycles. The molecular weight excluding hydrogens is 663 g/mol. The highest BCUT2D eigenvalue weighted by Crippen LogP contribution is 2.45. The summed E-state index contributed by atoms with van der Waals surface area (Å²) in [6.45, 7) is 0. The Hall–Kier alpha value is -6.68. The molecule has 9 aromatic carbocycles. The van der Waals surface area contributed by atoms with Crippen LogP contribution in [0.25, 0.3) is 85.9 Å². The van der Waals surface area contributed by atoms with Crippen LogP contribution in [0.4, 0.5) is 17.1 Å². The Morgan fingerprint density at radius 3 is 1.94 bits per heavy atom. The Bertz CT molecular complexity index is 3190. The van der Waals surface area contributed by atoms with Gasteiger partial charge in [0.05, 0.1) is 5.69 Å². The molecular formula is C50H31NOS. The fourth-order valence-electron chi connectivity index (χ4n) is 8.14. The summed E-state index contributed by atoms with van der Waals surface area (Å²) < 4.78 is 9.14. The van der Waals surface area contributed by atoms with Gasteiger partial charge in [0.2, 0.25) is 0 Å². The topological polar surface area (TPSA) is 16.4 Å². The first kappa shape index (κ1) is 30.0. The van der Waals surface area contributed by atoms with Crippen LogP contribution in [0.2, 0.25) is 0 Å². The third-order valence-electron chi connectivity index (χ3n) is 10.6. The number of anilines is 3. The SMILES string of the molecule is c1cc(-c2cccc3c2oc2ccccc23)cc(N(c2ccc(-c3ccc4c(c3)sc3ccccc34)cc2)c2cc3ccccc3c3ccccc23)c1. The molecule has 0 radical (unpaired) electrons. The van der Waals surface area contributed by atoms with E-state index in [4.69, 9.17) is 4.42 Å². The van der Waals surface area contributed by atoms with Crippen molar-refractivity contribution < 1.29 is 4.42 Å². The second-order valence-electron chi connectivity index (χ2n) is 13.7. The number of furan rings is 1. The van der Waals surface area contributed by atoms with E-state index in [1.807, 2.05) is 23.5 Å². The highest BCUT2D eigenvalue weighted by molar-refractivity contribution is 7.25. The number of thiophene rings is 1. The lowest BCUT2D eigenvalue weighted by Crippen LogP contribution is -2.10. The number of hydrogen-bond acceptors (Lipinski definition) is 3. The van der Waals surface area contributed by atoms with Crippen LogP contribution in [0.3, 0.4) is 0 Å². The molecule has 0 amide bonds. The molecule has 2 nitrogen and oxygen atoms in total. The maximum absolute atomic E-state index is 6.50. The predicted molar refractivity (Wildman–Crippen MR) is 227 cm³/mol. The van der Waals surface area contributed by atoms with Crippen LogP contribution in [0.15, 0.2) is 192 Å². The summed E-state index contributed by atoms with van der Waals surface area (Å²) in [6, 6.07) is 68.0. The Morgan fingerprint density at radius 1 is 0.377 bits per heavy atom. The Morgan fingerprint density at radius 2 is 1.06 bits per heavy atom. The average Bonchev–Trinajstić information content (AvgIpc) is 3.80. The van der Waals surface area contributed by atoms with Crippen LogP contribution in [0.5, 0.6) is 0 Å². The van der Waals surface area contributed by atoms with Gasteiger partial charge in [-0.3, -0.25) is 0 Å². The van der Waals surface area contributed by atoms with Crippen LogP contribution in [0.1, 0.15) is 0 Å². The van der Waals surface area contributed by atoms with Crippen LogP contribution < -0.4 is 4.90 Å². The first-order valence-corrected chi connectivity index (χ1v) is 18.8. The van der Waals surface area contributed by atoms with Crippen molar-refractivity contribution in [1.29, 1.82) is 0 Å². The lowest BCUT2D eigenvalue weighted by molar-refractivity contribution is 0.670. The van der Waals surface area contributed by atoms with Gasteiger partial charge in [0, 0.05) is 53.3 Å². The molecule has 53 heavy (non-hydrogen) atoms. The minimum Gasteiger partial charge on any atom is -0.455 e. The average molecular weight is 694 g/mol. The minimum atomic E-state index is 0.905. The number of rotatable bonds is 5. The number of hydrogen-bond donors (Lipinski definition) is 0. The maximum atomic E-state index is 6.50. The van der Waals surface area contributed by atoms with Crippen LogP contribution in [-0.2, 0) is 0 Å². The third kappa shape index (κ3) is 4.86. The highest BCUT2D eigenvalue weighted by Gasteiger charge is 2.19. The van der Waals surface area contributed by atoms with E-state index in [9.17, 15) is 0 Å². The molecule has 2 heterocycles. The van der Waals surface area contributed by atoms with E-state index in [-0.39, 0.29) is 0 Å². The van der Waals surface area contributed by atoms with Crippen molar-refractivity contribution >= 4 is 92.1 Å². The molecule has 0 saturated heterocycles. The number of nitrogens with zero attached hydrogens (tertiary/aromatic N) is 1. The molecule has 0 spiro atoms. The molecule has 0 aliphatic rings. The van der Waals surface area contributed by atoms with Gasteiger partial charge in [-0.1, -0.05) is 140 Å². The summed E-state index contributed by atoms with van der Waals surface area (Å²) in [5.41, 5.74) is 9.73. The fraction of sp³-hybridized carbons (Fsp3) is 0. The largest absolute Gasteiger partial charge is 0.455 e. The number of para-hydroxylation sites is 2. The predicted octanol–water partition coefficient (Wildman–Crippen LogP) is 15.1. The second-order valence-corrected chi connectivity index (χ2v) is 14.8. The molecule has 0 saturated carbocycles. The first-order valence-electron chi connectivity index (χ1n) is 18.0. The van der Waals surface area contributed by atoms with E-state index < -0.39 is 0 Å². The van der Waals surface area contributed by atoms with E-state index in [0.29, 0.717) is 0 Å². The van der Waals surface area contributed by atoms with Gasteiger partial charge in [-0.05, 0) is 81.4 Å². The summed E-state index contributed by atoms with van der Waals surface area (Å²) in [5.74, 6) is 0. The monoisotopic (exact) mass is 693 g/mol. The lowest BCUT2D eigenvalue weighted by Gasteiger charge is -2.28. The zero-order valence-corrected chi connectivity index (χ0v) is 29.5. The summed E-state index contributed by atoms with van der Waals surface area (Å²) in [4.78, 5) is 2.41. The zero-order chi connectivity index (χ0) is 34.9. The molecule has 3 heteroatoms. The molecule has 0 aliphatic heterocycles. The van der Waals surface area contributed by atoms with Gasteiger partial charge >= 0.3 is 0 Å². The van der Waals surface area contributed by atoms with E-state index in [2.05, 4.69) is 181 Å². The quantitative estimate of drug-likeness (QED) is 0.167. The lowest BCUT2D eigenvalue weighted by atomic mass is 9.98. The number of fused-ring (bicyclic) bond motifs is 9. The van der Waals surface area contributed by atoms with Crippen LogP contribution >= 0.6 is 11.3 Å². The Balaban J connectivity index is 1.09. The van der Waals surface area contributed by atoms with Crippen LogP contribution in [0, 0.1) is 0 Å². The van der Waals surface area contributed by atoms with Crippen LogP contribution in [-0.4, -0.2) is 0 Å². The molecule has 0 aliphatic carbocycles. The smallest absolute Gasteiger partial charge is 0.143 e. The van der Waals surface area contributed by atoms with Crippen molar-refractivity contribution in [3.8, 4) is 22.3 Å². The summed E-state index contributed by atoms with van der Waals surface area (Å²) in [7, 11) is 0. The molecule has 0 fully saturated rings. The van der Waals surface area contributed by atoms with Gasteiger partial charge in [-0.15, -0.1) is 11.3 Å². The van der Waals surface area contributed by atoms with Crippen molar-refractivity contribution in [1.82, 2.24) is 0 Å². The van der Waals surface area contributed by atoms with E-state index >= 15 is 0 Å². The maximum Gasteiger partial charge on any atom is 0.143 e. The highest BCUT2D eigenvalue weighted by atomic mass is 32.1. The van der Waals surface area contributed by atoms with Gasteiger partial charge in [0.1, 0.15) is 11.2 Å². The van der Waals surface area contributed by atoms with Gasteiger partial charge in [-0.25, -0.2) is 0 Å². The van der Waals surface area contributed by atoms with Crippen molar-refractivity contribution in [3.63, 3.8) is 0 Å². The standard InChI is InChI=1S/C50H31NOS/c1-2-14-38-35(11-1)30-46(41-16-4-3-15-40(38)41)51(36-26-23-32(24-27-36)33-25-28-44-43-18-6-8-22-48(43)53-49(44)31-33)37-13-9-12-34(29-37)39-19-10-20-45-42-17-5-7-21-47(42)52-50(39)45/h1-31H. The molecule has 11 aromatic rings. The van der Waals surface area contributed by atoms with Crippen molar-refractivity contribution in [3.05, 3.63) is 188 Å². The Labute approximate surface area is 310 Å². The van der Waals surface area contributed by atoms with Gasteiger partial charge in [-0.2, -0.15) is 0 Å². The first-order chi connectivity index (χ1) is 26.3.